The van der Waals surface area contributed by atoms with Crippen molar-refractivity contribution >= 4 is 11.8 Å². The SMILES string of the molecule is COc1cccc(CN(C(=O)c2cnccn2)[C@@H](C(=O)NC2CCCCC2)c2ccccc2)c1. The highest BCUT2D eigenvalue weighted by atomic mass is 16.5. The summed E-state index contributed by atoms with van der Waals surface area (Å²) in [5.41, 5.74) is 1.79. The first-order valence-corrected chi connectivity index (χ1v) is 11.7. The van der Waals surface area contributed by atoms with Crippen molar-refractivity contribution in [3.63, 3.8) is 0 Å². The van der Waals surface area contributed by atoms with Gasteiger partial charge in [-0.3, -0.25) is 14.6 Å². The number of ether oxygens (including phenoxy) is 1. The number of carbonyl (C=O) groups excluding carboxylic acids is 2. The predicted molar refractivity (Wildman–Crippen MR) is 129 cm³/mol. The number of amides is 2. The first-order chi connectivity index (χ1) is 16.7. The Bertz CT molecular complexity index is 1090. The van der Waals surface area contributed by atoms with E-state index < -0.39 is 6.04 Å². The summed E-state index contributed by atoms with van der Waals surface area (Å²) in [7, 11) is 1.60. The smallest absolute Gasteiger partial charge is 0.275 e. The Balaban J connectivity index is 1.72. The van der Waals surface area contributed by atoms with Crippen LogP contribution in [0.15, 0.2) is 73.2 Å². The highest BCUT2D eigenvalue weighted by molar-refractivity contribution is 5.96. The summed E-state index contributed by atoms with van der Waals surface area (Å²) in [6, 6.07) is 16.2. The van der Waals surface area contributed by atoms with E-state index in [0.717, 1.165) is 36.8 Å². The fraction of sp³-hybridized carbons (Fsp3) is 0.333. The summed E-state index contributed by atoms with van der Waals surface area (Å²) >= 11 is 0. The molecule has 4 rings (SSSR count). The van der Waals surface area contributed by atoms with Gasteiger partial charge in [-0.25, -0.2) is 4.98 Å². The molecule has 0 spiro atoms. The number of hydrogen-bond acceptors (Lipinski definition) is 5. The van der Waals surface area contributed by atoms with Crippen molar-refractivity contribution in [2.75, 3.05) is 7.11 Å². The van der Waals surface area contributed by atoms with Crippen LogP contribution < -0.4 is 10.1 Å². The van der Waals surface area contributed by atoms with Gasteiger partial charge in [-0.15, -0.1) is 0 Å². The lowest BCUT2D eigenvalue weighted by Gasteiger charge is -2.33. The molecule has 1 aliphatic rings. The second-order valence-electron chi connectivity index (χ2n) is 8.53. The predicted octanol–water partition coefficient (Wildman–Crippen LogP) is 4.32. The van der Waals surface area contributed by atoms with Crippen LogP contribution in [0, 0.1) is 0 Å². The third-order valence-corrected chi connectivity index (χ3v) is 6.16. The zero-order valence-electron chi connectivity index (χ0n) is 19.4. The number of nitrogens with zero attached hydrogens (tertiary/aromatic N) is 3. The molecule has 0 aliphatic heterocycles. The normalized spacial score (nSPS) is 14.7. The molecule has 176 valence electrons. The Hall–Kier alpha value is -3.74. The van der Waals surface area contributed by atoms with E-state index in [1.807, 2.05) is 54.6 Å². The van der Waals surface area contributed by atoms with E-state index in [2.05, 4.69) is 15.3 Å². The Morgan fingerprint density at radius 1 is 1.06 bits per heavy atom. The number of benzene rings is 2. The summed E-state index contributed by atoms with van der Waals surface area (Å²) < 4.78 is 5.37. The Labute approximate surface area is 200 Å². The minimum Gasteiger partial charge on any atom is -0.497 e. The topological polar surface area (TPSA) is 84.4 Å². The first kappa shape index (κ1) is 23.4. The van der Waals surface area contributed by atoms with Crippen molar-refractivity contribution in [3.05, 3.63) is 90.0 Å². The number of aromatic nitrogens is 2. The number of rotatable bonds is 8. The van der Waals surface area contributed by atoms with Crippen molar-refractivity contribution in [1.82, 2.24) is 20.2 Å². The van der Waals surface area contributed by atoms with Gasteiger partial charge in [0, 0.05) is 25.0 Å². The van der Waals surface area contributed by atoms with E-state index in [9.17, 15) is 9.59 Å². The molecule has 0 bridgehead atoms. The van der Waals surface area contributed by atoms with Gasteiger partial charge < -0.3 is 15.0 Å². The zero-order chi connectivity index (χ0) is 23.8. The third kappa shape index (κ3) is 5.78. The summed E-state index contributed by atoms with van der Waals surface area (Å²) in [5, 5.41) is 3.22. The summed E-state index contributed by atoms with van der Waals surface area (Å²) in [5.74, 6) is 0.147. The van der Waals surface area contributed by atoms with Crippen LogP contribution >= 0.6 is 0 Å². The molecule has 34 heavy (non-hydrogen) atoms. The van der Waals surface area contributed by atoms with Crippen molar-refractivity contribution in [1.29, 1.82) is 0 Å². The summed E-state index contributed by atoms with van der Waals surface area (Å²) in [6.45, 7) is 0.213. The lowest BCUT2D eigenvalue weighted by Crippen LogP contribution is -2.47. The van der Waals surface area contributed by atoms with Crippen molar-refractivity contribution in [3.8, 4) is 5.75 Å². The van der Waals surface area contributed by atoms with Gasteiger partial charge in [-0.2, -0.15) is 0 Å². The van der Waals surface area contributed by atoms with Crippen LogP contribution in [-0.4, -0.2) is 39.8 Å². The van der Waals surface area contributed by atoms with Gasteiger partial charge >= 0.3 is 0 Å². The van der Waals surface area contributed by atoms with Gasteiger partial charge in [0.2, 0.25) is 5.91 Å². The van der Waals surface area contributed by atoms with E-state index in [1.165, 1.54) is 25.0 Å². The molecule has 1 atom stereocenters. The number of hydrogen-bond donors (Lipinski definition) is 1. The average Bonchev–Trinajstić information content (AvgIpc) is 2.89. The van der Waals surface area contributed by atoms with Crippen LogP contribution in [0.4, 0.5) is 0 Å². The van der Waals surface area contributed by atoms with E-state index in [4.69, 9.17) is 4.74 Å². The molecule has 1 fully saturated rings. The lowest BCUT2D eigenvalue weighted by atomic mass is 9.94. The van der Waals surface area contributed by atoms with Gasteiger partial charge in [0.05, 0.1) is 13.3 Å². The maximum Gasteiger partial charge on any atom is 0.275 e. The van der Waals surface area contributed by atoms with Crippen molar-refractivity contribution in [2.45, 2.75) is 50.7 Å². The quantitative estimate of drug-likeness (QED) is 0.544. The number of methoxy groups -OCH3 is 1. The molecule has 7 heteroatoms. The molecule has 2 aromatic carbocycles. The van der Waals surface area contributed by atoms with E-state index in [-0.39, 0.29) is 30.1 Å². The van der Waals surface area contributed by atoms with E-state index in [1.54, 1.807) is 12.0 Å². The van der Waals surface area contributed by atoms with Crippen LogP contribution in [-0.2, 0) is 11.3 Å². The molecular weight excluding hydrogens is 428 g/mol. The molecule has 0 radical (unpaired) electrons. The summed E-state index contributed by atoms with van der Waals surface area (Å²) in [6.07, 6.45) is 9.76. The maximum atomic E-state index is 13.7. The zero-order valence-corrected chi connectivity index (χ0v) is 19.4. The molecule has 3 aromatic rings. The van der Waals surface area contributed by atoms with Gasteiger partial charge in [0.25, 0.3) is 5.91 Å². The first-order valence-electron chi connectivity index (χ1n) is 11.7. The maximum absolute atomic E-state index is 13.7. The van der Waals surface area contributed by atoms with Crippen molar-refractivity contribution in [2.24, 2.45) is 0 Å². The molecular formula is C27H30N4O3. The van der Waals surface area contributed by atoms with Gasteiger partial charge in [0.15, 0.2) is 0 Å². The molecule has 0 saturated heterocycles. The monoisotopic (exact) mass is 458 g/mol. The Morgan fingerprint density at radius 3 is 2.56 bits per heavy atom. The van der Waals surface area contributed by atoms with Crippen LogP contribution in [0.2, 0.25) is 0 Å². The fourth-order valence-electron chi connectivity index (χ4n) is 4.44. The van der Waals surface area contributed by atoms with E-state index >= 15 is 0 Å². The molecule has 2 amide bonds. The molecule has 1 aliphatic carbocycles. The molecule has 1 heterocycles. The lowest BCUT2D eigenvalue weighted by molar-refractivity contribution is -0.127. The Morgan fingerprint density at radius 2 is 1.85 bits per heavy atom. The van der Waals surface area contributed by atoms with Crippen molar-refractivity contribution < 1.29 is 14.3 Å². The van der Waals surface area contributed by atoms with E-state index in [0.29, 0.717) is 5.75 Å². The minimum atomic E-state index is -0.816. The number of carbonyl (C=O) groups is 2. The highest BCUT2D eigenvalue weighted by Gasteiger charge is 2.34. The fourth-order valence-corrected chi connectivity index (χ4v) is 4.44. The standard InChI is InChI=1S/C27H30N4O3/c1-34-23-14-8-9-20(17-23)19-31(27(33)24-18-28-15-16-29-24)25(21-10-4-2-5-11-21)26(32)30-22-12-6-3-7-13-22/h2,4-5,8-11,14-18,22,25H,3,6-7,12-13,19H2,1H3,(H,30,32)/t25-/m1/s1. The molecule has 1 N–H and O–H groups in total. The second-order valence-corrected chi connectivity index (χ2v) is 8.53. The van der Waals surface area contributed by atoms with Crippen LogP contribution in [0.5, 0.6) is 5.75 Å². The molecule has 1 saturated carbocycles. The Kier molecular flexibility index (Phi) is 7.86. The highest BCUT2D eigenvalue weighted by Crippen LogP contribution is 2.27. The molecule has 1 aromatic heterocycles. The molecule has 0 unspecified atom stereocenters. The largest absolute Gasteiger partial charge is 0.497 e. The van der Waals surface area contributed by atoms with Crippen LogP contribution in [0.25, 0.3) is 0 Å². The van der Waals surface area contributed by atoms with Gasteiger partial charge in [-0.05, 0) is 36.1 Å². The average molecular weight is 459 g/mol. The van der Waals surface area contributed by atoms with Gasteiger partial charge in [0.1, 0.15) is 17.5 Å². The third-order valence-electron chi connectivity index (χ3n) is 6.16. The second kappa shape index (κ2) is 11.4. The minimum absolute atomic E-state index is 0.123. The number of nitrogens with one attached hydrogen (secondary N) is 1. The van der Waals surface area contributed by atoms with Crippen LogP contribution in [0.1, 0.15) is 59.8 Å². The van der Waals surface area contributed by atoms with Crippen LogP contribution in [0.3, 0.4) is 0 Å². The molecule has 7 nitrogen and oxygen atoms in total. The van der Waals surface area contributed by atoms with Gasteiger partial charge in [-0.1, -0.05) is 61.7 Å². The summed E-state index contributed by atoms with van der Waals surface area (Å²) in [4.78, 5) is 37.3.